The van der Waals surface area contributed by atoms with Crippen LogP contribution < -0.4 is 4.74 Å². The lowest BCUT2D eigenvalue weighted by molar-refractivity contribution is 0.112. The predicted octanol–water partition coefficient (Wildman–Crippen LogP) is 1.06. The quantitative estimate of drug-likeness (QED) is 0.574. The molecule has 0 aromatic heterocycles. The lowest BCUT2D eigenvalue weighted by atomic mass is 10.1. The molecule has 0 bridgehead atoms. The van der Waals surface area contributed by atoms with Gasteiger partial charge in [0.15, 0.2) is 17.8 Å². The van der Waals surface area contributed by atoms with Crippen LogP contribution >= 0.6 is 0 Å². The van der Waals surface area contributed by atoms with Gasteiger partial charge >= 0.3 is 0 Å². The molecule has 0 unspecified atom stereocenters. The molecule has 0 aliphatic carbocycles. The number of benzene rings is 1. The molecule has 0 amide bonds. The highest BCUT2D eigenvalue weighted by atomic mass is 16.5. The summed E-state index contributed by atoms with van der Waals surface area (Å²) in [6.45, 7) is 0. The minimum Gasteiger partial charge on any atom is -0.504 e. The van der Waals surface area contributed by atoms with Crippen molar-refractivity contribution in [1.29, 1.82) is 0 Å². The van der Waals surface area contributed by atoms with Crippen molar-refractivity contribution in [2.45, 2.75) is 0 Å². The smallest absolute Gasteiger partial charge is 0.169 e. The summed E-state index contributed by atoms with van der Waals surface area (Å²) < 4.78 is 4.85. The fraction of sp³-hybridized carbons (Fsp3) is 0.100. The van der Waals surface area contributed by atoms with Gasteiger partial charge in [0.1, 0.15) is 5.94 Å². The second-order valence-corrected chi connectivity index (χ2v) is 2.50. The van der Waals surface area contributed by atoms with Crippen molar-refractivity contribution in [2.24, 2.45) is 0 Å². The van der Waals surface area contributed by atoms with Gasteiger partial charge in [0, 0.05) is 17.2 Å². The Bertz CT molecular complexity index is 403. The summed E-state index contributed by atoms with van der Waals surface area (Å²) in [6.07, 6.45) is 1.62. The Morgan fingerprint density at radius 3 is 2.71 bits per heavy atom. The molecule has 0 saturated carbocycles. The number of rotatable bonds is 3. The summed E-state index contributed by atoms with van der Waals surface area (Å²) in [5, 5.41) is 9.35. The summed E-state index contributed by atoms with van der Waals surface area (Å²) in [5.74, 6) is 1.51. The Morgan fingerprint density at radius 2 is 2.21 bits per heavy atom. The zero-order valence-corrected chi connectivity index (χ0v) is 7.48. The van der Waals surface area contributed by atoms with E-state index in [1.807, 2.05) is 0 Å². The van der Waals surface area contributed by atoms with Gasteiger partial charge in [-0.3, -0.25) is 4.79 Å². The summed E-state index contributed by atoms with van der Waals surface area (Å²) >= 11 is 0. The van der Waals surface area contributed by atoms with Crippen molar-refractivity contribution in [3.63, 3.8) is 0 Å². The van der Waals surface area contributed by atoms with Crippen LogP contribution in [-0.2, 0) is 4.79 Å². The van der Waals surface area contributed by atoms with E-state index in [0.717, 1.165) is 6.08 Å². The molecule has 72 valence electrons. The molecule has 1 aromatic carbocycles. The Hall–Kier alpha value is -2.06. The maximum Gasteiger partial charge on any atom is 0.169 e. The first-order valence-electron chi connectivity index (χ1n) is 3.80. The van der Waals surface area contributed by atoms with E-state index in [0.29, 0.717) is 6.29 Å². The van der Waals surface area contributed by atoms with Gasteiger partial charge in [0.2, 0.25) is 0 Å². The molecule has 0 aliphatic rings. The minimum absolute atomic E-state index is 0.0953. The maximum atomic E-state index is 10.6. The van der Waals surface area contributed by atoms with Gasteiger partial charge in [-0.15, -0.1) is 0 Å². The molecular formula is C10H8O4. The zero-order chi connectivity index (χ0) is 10.6. The first kappa shape index (κ1) is 10.0. The molecule has 1 rings (SSSR count). The highest BCUT2D eigenvalue weighted by Crippen LogP contribution is 2.32. The van der Waals surface area contributed by atoms with E-state index in [4.69, 9.17) is 4.74 Å². The number of aldehydes is 1. The van der Waals surface area contributed by atoms with Crippen LogP contribution in [0, 0.1) is 0 Å². The average Bonchev–Trinajstić information content (AvgIpc) is 2.19. The number of carbonyl (C=O) groups excluding carboxylic acids is 2. The van der Waals surface area contributed by atoms with E-state index in [2.05, 4.69) is 0 Å². The third-order valence-corrected chi connectivity index (χ3v) is 1.74. The van der Waals surface area contributed by atoms with Crippen LogP contribution in [0.2, 0.25) is 0 Å². The zero-order valence-electron chi connectivity index (χ0n) is 7.48. The topological polar surface area (TPSA) is 63.6 Å². The van der Waals surface area contributed by atoms with Crippen molar-refractivity contribution >= 4 is 18.3 Å². The van der Waals surface area contributed by atoms with Gasteiger partial charge in [-0.05, 0) is 12.1 Å². The molecule has 0 spiro atoms. The van der Waals surface area contributed by atoms with Crippen molar-refractivity contribution in [2.75, 3.05) is 7.11 Å². The Kier molecular flexibility index (Phi) is 3.05. The molecule has 4 heteroatoms. The van der Waals surface area contributed by atoms with E-state index in [9.17, 15) is 14.7 Å². The number of phenols is 1. The maximum absolute atomic E-state index is 10.6. The summed E-state index contributed by atoms with van der Waals surface area (Å²) in [6, 6.07) is 2.72. The highest BCUT2D eigenvalue weighted by Gasteiger charge is 2.10. The van der Waals surface area contributed by atoms with Crippen molar-refractivity contribution in [1.82, 2.24) is 0 Å². The lowest BCUT2D eigenvalue weighted by Gasteiger charge is -2.07. The largest absolute Gasteiger partial charge is 0.504 e. The SMILES string of the molecule is COc1c(O)ccc(C=O)c1C=C=O. The van der Waals surface area contributed by atoms with E-state index in [1.165, 1.54) is 25.2 Å². The Morgan fingerprint density at radius 1 is 1.50 bits per heavy atom. The molecule has 1 aromatic rings. The molecule has 0 radical (unpaired) electrons. The van der Waals surface area contributed by atoms with Gasteiger partial charge in [0.25, 0.3) is 0 Å². The minimum atomic E-state index is -0.125. The molecule has 0 saturated heterocycles. The lowest BCUT2D eigenvalue weighted by Crippen LogP contribution is -1.93. The number of hydrogen-bond acceptors (Lipinski definition) is 4. The fourth-order valence-electron chi connectivity index (χ4n) is 1.13. The van der Waals surface area contributed by atoms with Crippen molar-refractivity contribution < 1.29 is 19.4 Å². The summed E-state index contributed by atoms with van der Waals surface area (Å²) in [5.41, 5.74) is 0.500. The van der Waals surface area contributed by atoms with E-state index in [1.54, 1.807) is 0 Å². The first-order chi connectivity index (χ1) is 6.74. The summed E-state index contributed by atoms with van der Waals surface area (Å²) in [4.78, 5) is 20.8. The van der Waals surface area contributed by atoms with Crippen LogP contribution in [0.25, 0.3) is 6.08 Å². The van der Waals surface area contributed by atoms with Crippen LogP contribution in [-0.4, -0.2) is 24.4 Å². The third-order valence-electron chi connectivity index (χ3n) is 1.74. The number of aromatic hydroxyl groups is 1. The fourth-order valence-corrected chi connectivity index (χ4v) is 1.13. The molecular weight excluding hydrogens is 184 g/mol. The van der Waals surface area contributed by atoms with Gasteiger partial charge in [-0.25, -0.2) is 4.79 Å². The number of ether oxygens (including phenoxy) is 1. The molecule has 0 atom stereocenters. The van der Waals surface area contributed by atoms with Crippen LogP contribution in [0.1, 0.15) is 15.9 Å². The van der Waals surface area contributed by atoms with E-state index < -0.39 is 0 Å². The Balaban J connectivity index is 3.50. The molecule has 4 nitrogen and oxygen atoms in total. The van der Waals surface area contributed by atoms with Gasteiger partial charge in [-0.2, -0.15) is 0 Å². The van der Waals surface area contributed by atoms with Gasteiger partial charge in [0.05, 0.1) is 7.11 Å². The molecule has 0 fully saturated rings. The molecule has 1 N–H and O–H groups in total. The molecule has 0 aliphatic heterocycles. The first-order valence-corrected chi connectivity index (χ1v) is 3.80. The normalized spacial score (nSPS) is 8.93. The van der Waals surface area contributed by atoms with Gasteiger partial charge in [-0.1, -0.05) is 0 Å². The molecule has 14 heavy (non-hydrogen) atoms. The number of phenolic OH excluding ortho intramolecular Hbond substituents is 1. The predicted molar refractivity (Wildman–Crippen MR) is 50.2 cm³/mol. The summed E-state index contributed by atoms with van der Waals surface area (Å²) in [7, 11) is 1.34. The van der Waals surface area contributed by atoms with Crippen LogP contribution in [0.5, 0.6) is 11.5 Å². The second kappa shape index (κ2) is 4.25. The van der Waals surface area contributed by atoms with Crippen LogP contribution in [0.4, 0.5) is 0 Å². The average molecular weight is 192 g/mol. The number of carbonyl (C=O) groups is 1. The van der Waals surface area contributed by atoms with E-state index in [-0.39, 0.29) is 22.6 Å². The van der Waals surface area contributed by atoms with E-state index >= 15 is 0 Å². The monoisotopic (exact) mass is 192 g/mol. The second-order valence-electron chi connectivity index (χ2n) is 2.50. The highest BCUT2D eigenvalue weighted by molar-refractivity contribution is 5.90. The number of hydrogen-bond donors (Lipinski definition) is 1. The number of methoxy groups -OCH3 is 1. The van der Waals surface area contributed by atoms with Crippen molar-refractivity contribution in [3.8, 4) is 11.5 Å². The molecule has 0 heterocycles. The standard InChI is InChI=1S/C10H8O4/c1-14-10-8(4-5-11)7(6-12)2-3-9(10)13/h2-4,6,13H,1H3. The Labute approximate surface area is 80.4 Å². The van der Waals surface area contributed by atoms with Crippen molar-refractivity contribution in [3.05, 3.63) is 23.3 Å². The van der Waals surface area contributed by atoms with Crippen LogP contribution in [0.15, 0.2) is 12.1 Å². The third kappa shape index (κ3) is 1.65. The van der Waals surface area contributed by atoms with Crippen LogP contribution in [0.3, 0.4) is 0 Å². The van der Waals surface area contributed by atoms with Gasteiger partial charge < -0.3 is 9.84 Å².